The number of hydrogen-bond acceptors (Lipinski definition) is 4. The highest BCUT2D eigenvalue weighted by molar-refractivity contribution is 5.95. The fraction of sp³-hybridized carbons (Fsp3) is 0.429. The van der Waals surface area contributed by atoms with E-state index in [9.17, 15) is 14.0 Å². The number of halogens is 1. The van der Waals surface area contributed by atoms with Gasteiger partial charge in [-0.15, -0.1) is 0 Å². The van der Waals surface area contributed by atoms with Crippen molar-refractivity contribution in [2.24, 2.45) is 5.73 Å². The number of imide groups is 1. The molecule has 1 rings (SSSR count). The highest BCUT2D eigenvalue weighted by Crippen LogP contribution is 2.19. The second kappa shape index (κ2) is 7.58. The molecule has 1 aromatic carbocycles. The summed E-state index contributed by atoms with van der Waals surface area (Å²) in [6.07, 6.45) is -1.04. The molecule has 0 aliphatic rings. The Morgan fingerprint density at radius 3 is 2.52 bits per heavy atom. The number of carbonyl (C=O) groups is 2. The molecule has 6 nitrogen and oxygen atoms in total. The maximum Gasteiger partial charge on any atom is 0.318 e. The zero-order valence-electron chi connectivity index (χ0n) is 12.3. The van der Waals surface area contributed by atoms with Crippen molar-refractivity contribution in [1.82, 2.24) is 10.6 Å². The Balaban J connectivity index is 2.67. The molecule has 0 aliphatic carbocycles. The lowest BCUT2D eigenvalue weighted by atomic mass is 10.2. The van der Waals surface area contributed by atoms with Crippen LogP contribution in [0.15, 0.2) is 18.2 Å². The molecule has 7 heteroatoms. The van der Waals surface area contributed by atoms with E-state index in [0.717, 1.165) is 5.56 Å². The molecule has 0 bridgehead atoms. The smallest absolute Gasteiger partial charge is 0.318 e. The van der Waals surface area contributed by atoms with Crippen LogP contribution in [0.3, 0.4) is 0 Å². The van der Waals surface area contributed by atoms with E-state index < -0.39 is 23.9 Å². The molecule has 0 saturated carbocycles. The van der Waals surface area contributed by atoms with Gasteiger partial charge in [0.1, 0.15) is 0 Å². The van der Waals surface area contributed by atoms with Crippen molar-refractivity contribution in [1.29, 1.82) is 0 Å². The maximum absolute atomic E-state index is 13.9. The molecule has 0 radical (unpaired) electrons. The molecule has 1 unspecified atom stereocenters. The summed E-state index contributed by atoms with van der Waals surface area (Å²) in [5.74, 6) is -1.36. The van der Waals surface area contributed by atoms with Crippen LogP contribution in [-0.2, 0) is 11.3 Å². The van der Waals surface area contributed by atoms with Gasteiger partial charge in [0, 0.05) is 12.6 Å². The first-order valence-electron chi connectivity index (χ1n) is 6.58. The van der Waals surface area contributed by atoms with Crippen LogP contribution in [0.2, 0.25) is 0 Å². The van der Waals surface area contributed by atoms with Crippen LogP contribution < -0.4 is 21.1 Å². The molecule has 4 N–H and O–H groups in total. The second-order valence-corrected chi connectivity index (χ2v) is 4.91. The highest BCUT2D eigenvalue weighted by atomic mass is 19.1. The third-order valence-electron chi connectivity index (χ3n) is 2.63. The van der Waals surface area contributed by atoms with Crippen molar-refractivity contribution in [2.75, 3.05) is 0 Å². The number of primary amides is 1. The number of nitrogens with one attached hydrogen (secondary N) is 2. The Kier molecular flexibility index (Phi) is 6.10. The van der Waals surface area contributed by atoms with E-state index >= 15 is 0 Å². The minimum atomic E-state index is -1.04. The quantitative estimate of drug-likeness (QED) is 0.737. The van der Waals surface area contributed by atoms with Crippen LogP contribution in [0.5, 0.6) is 5.75 Å². The van der Waals surface area contributed by atoms with Gasteiger partial charge in [0.15, 0.2) is 17.7 Å². The summed E-state index contributed by atoms with van der Waals surface area (Å²) in [6.45, 7) is 5.91. The third kappa shape index (κ3) is 5.78. The normalized spacial score (nSPS) is 12.0. The van der Waals surface area contributed by atoms with Crippen molar-refractivity contribution in [3.8, 4) is 5.75 Å². The first-order valence-corrected chi connectivity index (χ1v) is 6.58. The summed E-state index contributed by atoms with van der Waals surface area (Å²) in [5, 5.41) is 5.03. The number of ether oxygens (including phenoxy) is 1. The number of rotatable bonds is 6. The predicted molar refractivity (Wildman–Crippen MR) is 76.2 cm³/mol. The number of carbonyl (C=O) groups excluding carboxylic acids is 2. The van der Waals surface area contributed by atoms with Gasteiger partial charge < -0.3 is 15.8 Å². The highest BCUT2D eigenvalue weighted by Gasteiger charge is 2.18. The topological polar surface area (TPSA) is 93.4 Å². The van der Waals surface area contributed by atoms with Crippen molar-refractivity contribution in [2.45, 2.75) is 39.5 Å². The molecule has 0 saturated heterocycles. The minimum Gasteiger partial charge on any atom is -0.478 e. The van der Waals surface area contributed by atoms with Gasteiger partial charge in [0.2, 0.25) is 0 Å². The van der Waals surface area contributed by atoms with E-state index in [-0.39, 0.29) is 5.75 Å². The van der Waals surface area contributed by atoms with E-state index in [1.54, 1.807) is 6.07 Å². The summed E-state index contributed by atoms with van der Waals surface area (Å²) in [5.41, 5.74) is 5.59. The monoisotopic (exact) mass is 297 g/mol. The Hall–Kier alpha value is -2.15. The summed E-state index contributed by atoms with van der Waals surface area (Å²) in [7, 11) is 0. The van der Waals surface area contributed by atoms with Crippen molar-refractivity contribution >= 4 is 11.9 Å². The molecule has 0 aliphatic heterocycles. The lowest BCUT2D eigenvalue weighted by Gasteiger charge is -2.15. The Bertz CT molecular complexity index is 520. The molecule has 0 aromatic heterocycles. The average molecular weight is 297 g/mol. The number of benzene rings is 1. The molecular formula is C14H20FN3O3. The molecule has 21 heavy (non-hydrogen) atoms. The van der Waals surface area contributed by atoms with Gasteiger partial charge in [-0.25, -0.2) is 9.18 Å². The predicted octanol–water partition coefficient (Wildman–Crippen LogP) is 1.29. The van der Waals surface area contributed by atoms with Crippen LogP contribution in [-0.4, -0.2) is 24.1 Å². The molecule has 0 spiro atoms. The van der Waals surface area contributed by atoms with Gasteiger partial charge in [-0.3, -0.25) is 10.1 Å². The molecule has 3 amide bonds. The minimum absolute atomic E-state index is 0.0598. The van der Waals surface area contributed by atoms with Gasteiger partial charge in [-0.1, -0.05) is 19.9 Å². The van der Waals surface area contributed by atoms with E-state index in [1.165, 1.54) is 19.1 Å². The Morgan fingerprint density at radius 2 is 2.00 bits per heavy atom. The van der Waals surface area contributed by atoms with Gasteiger partial charge in [0.05, 0.1) is 0 Å². The summed E-state index contributed by atoms with van der Waals surface area (Å²) in [4.78, 5) is 22.0. The van der Waals surface area contributed by atoms with E-state index in [0.29, 0.717) is 12.6 Å². The van der Waals surface area contributed by atoms with Gasteiger partial charge in [0.25, 0.3) is 5.91 Å². The van der Waals surface area contributed by atoms with Gasteiger partial charge in [-0.2, -0.15) is 0 Å². The molecule has 1 aromatic rings. The molecule has 116 valence electrons. The lowest BCUT2D eigenvalue weighted by molar-refractivity contribution is -0.126. The van der Waals surface area contributed by atoms with Crippen LogP contribution in [0.1, 0.15) is 26.3 Å². The fourth-order valence-electron chi connectivity index (χ4n) is 1.54. The first kappa shape index (κ1) is 16.9. The van der Waals surface area contributed by atoms with Crippen LogP contribution in [0.4, 0.5) is 9.18 Å². The summed E-state index contributed by atoms with van der Waals surface area (Å²) in [6, 6.07) is 3.80. The third-order valence-corrected chi connectivity index (χ3v) is 2.63. The zero-order valence-corrected chi connectivity index (χ0v) is 12.3. The summed E-state index contributed by atoms with van der Waals surface area (Å²) >= 11 is 0. The number of amides is 3. The van der Waals surface area contributed by atoms with Crippen LogP contribution in [0.25, 0.3) is 0 Å². The first-order chi connectivity index (χ1) is 9.79. The number of nitrogens with two attached hydrogens (primary N) is 1. The largest absolute Gasteiger partial charge is 0.478 e. The van der Waals surface area contributed by atoms with Crippen molar-refractivity contribution in [3.63, 3.8) is 0 Å². The average Bonchev–Trinajstić information content (AvgIpc) is 2.38. The number of hydrogen-bond donors (Lipinski definition) is 3. The van der Waals surface area contributed by atoms with E-state index in [1.807, 2.05) is 19.2 Å². The van der Waals surface area contributed by atoms with Crippen LogP contribution >= 0.6 is 0 Å². The van der Waals surface area contributed by atoms with Gasteiger partial charge in [-0.05, 0) is 24.6 Å². The van der Waals surface area contributed by atoms with Crippen molar-refractivity contribution < 1.29 is 18.7 Å². The van der Waals surface area contributed by atoms with Crippen LogP contribution in [0, 0.1) is 5.82 Å². The summed E-state index contributed by atoms with van der Waals surface area (Å²) < 4.78 is 19.1. The van der Waals surface area contributed by atoms with E-state index in [2.05, 4.69) is 5.32 Å². The SMILES string of the molecule is CC(C)NCc1ccc(OC(C)C(=O)NC(N)=O)c(F)c1. The van der Waals surface area contributed by atoms with E-state index in [4.69, 9.17) is 10.5 Å². The number of urea groups is 1. The molecule has 1 atom stereocenters. The Labute approximate surface area is 122 Å². The Morgan fingerprint density at radius 1 is 1.33 bits per heavy atom. The van der Waals surface area contributed by atoms with Gasteiger partial charge >= 0.3 is 6.03 Å². The second-order valence-electron chi connectivity index (χ2n) is 4.91. The molecule has 0 fully saturated rings. The van der Waals surface area contributed by atoms with Crippen molar-refractivity contribution in [3.05, 3.63) is 29.6 Å². The zero-order chi connectivity index (χ0) is 16.0. The molecule has 0 heterocycles. The standard InChI is InChI=1S/C14H20FN3O3/c1-8(2)17-7-10-4-5-12(11(15)6-10)21-9(3)13(19)18-14(16)20/h4-6,8-9,17H,7H2,1-3H3,(H3,16,18,19,20). The molecular weight excluding hydrogens is 277 g/mol. The maximum atomic E-state index is 13.9. The fourth-order valence-corrected chi connectivity index (χ4v) is 1.54. The lowest BCUT2D eigenvalue weighted by Crippen LogP contribution is -2.42.